The number of ether oxygens (including phenoxy) is 1. The summed E-state index contributed by atoms with van der Waals surface area (Å²) in [7, 11) is 0. The third-order valence-electron chi connectivity index (χ3n) is 2.96. The Morgan fingerprint density at radius 3 is 2.62 bits per heavy atom. The fourth-order valence-corrected chi connectivity index (χ4v) is 2.94. The predicted molar refractivity (Wildman–Crippen MR) is 63.0 cm³/mol. The first-order valence-electron chi connectivity index (χ1n) is 5.31. The standard InChI is InChI=1S/C12H13BrO3/c1-7(2)8-5-10(14)12(6-9(8)13)4-3-11(15)16-12/h5-7H,3-4H2,1-2H3/t12-/m0/s1. The molecule has 1 spiro atoms. The molecule has 0 aromatic carbocycles. The summed E-state index contributed by atoms with van der Waals surface area (Å²) in [5.74, 6) is -0.152. The monoisotopic (exact) mass is 284 g/mol. The molecule has 1 atom stereocenters. The molecule has 0 unspecified atom stereocenters. The van der Waals surface area contributed by atoms with E-state index >= 15 is 0 Å². The molecule has 1 heterocycles. The third kappa shape index (κ3) is 1.75. The molecule has 0 radical (unpaired) electrons. The number of allylic oxidation sites excluding steroid dienone is 2. The van der Waals surface area contributed by atoms with Crippen molar-refractivity contribution in [2.24, 2.45) is 5.92 Å². The Morgan fingerprint density at radius 1 is 1.44 bits per heavy atom. The molecule has 0 aromatic heterocycles. The van der Waals surface area contributed by atoms with Crippen LogP contribution in [0.1, 0.15) is 26.7 Å². The lowest BCUT2D eigenvalue weighted by atomic mass is 9.85. The maximum absolute atomic E-state index is 12.0. The molecule has 3 nitrogen and oxygen atoms in total. The smallest absolute Gasteiger partial charge is 0.307 e. The van der Waals surface area contributed by atoms with Crippen molar-refractivity contribution in [2.45, 2.75) is 32.3 Å². The molecule has 0 saturated carbocycles. The number of hydrogen-bond donors (Lipinski definition) is 0. The van der Waals surface area contributed by atoms with Crippen molar-refractivity contribution in [3.8, 4) is 0 Å². The van der Waals surface area contributed by atoms with Crippen LogP contribution in [0.3, 0.4) is 0 Å². The summed E-state index contributed by atoms with van der Waals surface area (Å²) in [6.45, 7) is 4.04. The van der Waals surface area contributed by atoms with Gasteiger partial charge in [-0.1, -0.05) is 29.8 Å². The van der Waals surface area contributed by atoms with Crippen molar-refractivity contribution in [1.82, 2.24) is 0 Å². The van der Waals surface area contributed by atoms with Crippen molar-refractivity contribution >= 4 is 27.7 Å². The molecular weight excluding hydrogens is 272 g/mol. The Hall–Kier alpha value is -0.900. The van der Waals surface area contributed by atoms with E-state index in [1.165, 1.54) is 0 Å². The van der Waals surface area contributed by atoms with E-state index in [4.69, 9.17) is 4.74 Å². The third-order valence-corrected chi connectivity index (χ3v) is 3.64. The minimum Gasteiger partial charge on any atom is -0.446 e. The summed E-state index contributed by atoms with van der Waals surface area (Å²) in [4.78, 5) is 23.1. The van der Waals surface area contributed by atoms with Gasteiger partial charge in [0.2, 0.25) is 5.78 Å². The zero-order valence-corrected chi connectivity index (χ0v) is 10.8. The normalized spacial score (nSPS) is 29.5. The van der Waals surface area contributed by atoms with E-state index in [0.29, 0.717) is 12.8 Å². The maximum atomic E-state index is 12.0. The average molecular weight is 285 g/mol. The van der Waals surface area contributed by atoms with Gasteiger partial charge in [-0.3, -0.25) is 9.59 Å². The van der Waals surface area contributed by atoms with E-state index < -0.39 is 5.60 Å². The molecule has 4 heteroatoms. The summed E-state index contributed by atoms with van der Waals surface area (Å²) in [6, 6.07) is 0. The highest BCUT2D eigenvalue weighted by molar-refractivity contribution is 9.12. The second-order valence-electron chi connectivity index (χ2n) is 4.47. The van der Waals surface area contributed by atoms with Crippen LogP contribution in [-0.4, -0.2) is 17.4 Å². The van der Waals surface area contributed by atoms with Crippen LogP contribution in [0.4, 0.5) is 0 Å². The van der Waals surface area contributed by atoms with Crippen LogP contribution in [0, 0.1) is 5.92 Å². The molecule has 1 aliphatic carbocycles. The van der Waals surface area contributed by atoms with Gasteiger partial charge in [0.1, 0.15) is 0 Å². The van der Waals surface area contributed by atoms with Gasteiger partial charge in [0.25, 0.3) is 0 Å². The largest absolute Gasteiger partial charge is 0.446 e. The summed E-state index contributed by atoms with van der Waals surface area (Å²) in [5, 5.41) is 0. The topological polar surface area (TPSA) is 43.4 Å². The Bertz CT molecular complexity index is 420. The molecule has 1 saturated heterocycles. The van der Waals surface area contributed by atoms with Crippen LogP contribution in [0.15, 0.2) is 22.2 Å². The summed E-state index contributed by atoms with van der Waals surface area (Å²) >= 11 is 3.44. The van der Waals surface area contributed by atoms with Gasteiger partial charge in [-0.15, -0.1) is 0 Å². The number of esters is 1. The molecule has 2 aliphatic rings. The van der Waals surface area contributed by atoms with Gasteiger partial charge in [0.05, 0.1) is 6.42 Å². The van der Waals surface area contributed by atoms with Crippen LogP contribution in [-0.2, 0) is 14.3 Å². The number of ketones is 1. The van der Waals surface area contributed by atoms with E-state index in [9.17, 15) is 9.59 Å². The van der Waals surface area contributed by atoms with Gasteiger partial charge in [-0.25, -0.2) is 0 Å². The molecule has 0 N–H and O–H groups in total. The first kappa shape index (κ1) is 11.6. The number of halogens is 1. The SMILES string of the molecule is CC(C)C1=CC(=O)[C@@]2(C=C1Br)CCC(=O)O2. The molecule has 2 rings (SSSR count). The Kier molecular flexibility index (Phi) is 2.78. The number of rotatable bonds is 1. The quantitative estimate of drug-likeness (QED) is 0.695. The number of carbonyl (C=O) groups excluding carboxylic acids is 2. The van der Waals surface area contributed by atoms with Crippen molar-refractivity contribution in [2.75, 3.05) is 0 Å². The van der Waals surface area contributed by atoms with Crippen LogP contribution in [0.25, 0.3) is 0 Å². The molecule has 16 heavy (non-hydrogen) atoms. The molecule has 1 fully saturated rings. The second-order valence-corrected chi connectivity index (χ2v) is 5.33. The Labute approximate surface area is 103 Å². The maximum Gasteiger partial charge on any atom is 0.307 e. The van der Waals surface area contributed by atoms with Crippen LogP contribution < -0.4 is 0 Å². The highest BCUT2D eigenvalue weighted by Gasteiger charge is 2.46. The first-order chi connectivity index (χ1) is 7.44. The lowest BCUT2D eigenvalue weighted by Crippen LogP contribution is -2.37. The lowest BCUT2D eigenvalue weighted by Gasteiger charge is -2.27. The van der Waals surface area contributed by atoms with Crippen molar-refractivity contribution in [1.29, 1.82) is 0 Å². The zero-order valence-electron chi connectivity index (χ0n) is 9.25. The van der Waals surface area contributed by atoms with E-state index in [2.05, 4.69) is 15.9 Å². The van der Waals surface area contributed by atoms with E-state index in [-0.39, 0.29) is 17.7 Å². The molecule has 0 aromatic rings. The summed E-state index contributed by atoms with van der Waals surface area (Å²) in [6.07, 6.45) is 4.08. The van der Waals surface area contributed by atoms with Crippen LogP contribution in [0.5, 0.6) is 0 Å². The van der Waals surface area contributed by atoms with E-state index in [0.717, 1.165) is 10.1 Å². The van der Waals surface area contributed by atoms with E-state index in [1.807, 2.05) is 13.8 Å². The molecule has 1 aliphatic heterocycles. The summed E-state index contributed by atoms with van der Waals surface area (Å²) in [5.41, 5.74) is -0.0764. The highest BCUT2D eigenvalue weighted by atomic mass is 79.9. The van der Waals surface area contributed by atoms with Gasteiger partial charge in [-0.05, 0) is 23.6 Å². The Balaban J connectivity index is 2.36. The van der Waals surface area contributed by atoms with E-state index in [1.54, 1.807) is 12.2 Å². The van der Waals surface area contributed by atoms with Crippen LogP contribution in [0.2, 0.25) is 0 Å². The number of carbonyl (C=O) groups is 2. The zero-order chi connectivity index (χ0) is 11.9. The molecule has 0 bridgehead atoms. The predicted octanol–water partition coefficient (Wildman–Crippen LogP) is 2.51. The van der Waals surface area contributed by atoms with Gasteiger partial charge in [0, 0.05) is 10.9 Å². The Morgan fingerprint density at radius 2 is 2.12 bits per heavy atom. The van der Waals surface area contributed by atoms with Gasteiger partial charge in [-0.2, -0.15) is 0 Å². The minimum absolute atomic E-state index is 0.120. The van der Waals surface area contributed by atoms with Crippen LogP contribution >= 0.6 is 15.9 Å². The number of hydrogen-bond acceptors (Lipinski definition) is 3. The first-order valence-corrected chi connectivity index (χ1v) is 6.10. The fourth-order valence-electron chi connectivity index (χ4n) is 2.00. The average Bonchev–Trinajstić information content (AvgIpc) is 2.54. The molecule has 0 amide bonds. The summed E-state index contributed by atoms with van der Waals surface area (Å²) < 4.78 is 6.02. The van der Waals surface area contributed by atoms with Gasteiger partial charge < -0.3 is 4.74 Å². The van der Waals surface area contributed by atoms with Gasteiger partial charge in [0.15, 0.2) is 5.60 Å². The van der Waals surface area contributed by atoms with Crippen molar-refractivity contribution in [3.63, 3.8) is 0 Å². The van der Waals surface area contributed by atoms with Crippen molar-refractivity contribution < 1.29 is 14.3 Å². The second kappa shape index (κ2) is 3.84. The van der Waals surface area contributed by atoms with Crippen molar-refractivity contribution in [3.05, 3.63) is 22.2 Å². The minimum atomic E-state index is -1.03. The fraction of sp³-hybridized carbons (Fsp3) is 0.500. The highest BCUT2D eigenvalue weighted by Crippen LogP contribution is 2.39. The molecule has 86 valence electrons. The lowest BCUT2D eigenvalue weighted by molar-refractivity contribution is -0.151. The molecular formula is C12H13BrO3. The van der Waals surface area contributed by atoms with Gasteiger partial charge >= 0.3 is 5.97 Å².